The van der Waals surface area contributed by atoms with E-state index in [1.807, 2.05) is 153 Å². The van der Waals surface area contributed by atoms with E-state index in [1.165, 1.54) is 0 Å². The number of rotatable bonds is 5. The van der Waals surface area contributed by atoms with Gasteiger partial charge >= 0.3 is 0 Å². The molecule has 0 fully saturated rings. The molecule has 8 bridgehead atoms. The summed E-state index contributed by atoms with van der Waals surface area (Å²) in [4.78, 5) is 0. The number of aromatic nitrogens is 2. The van der Waals surface area contributed by atoms with E-state index in [1.54, 1.807) is 0 Å². The maximum absolute atomic E-state index is 11.8. The molecule has 0 amide bonds. The summed E-state index contributed by atoms with van der Waals surface area (Å²) in [5, 5.41) is 47.1. The van der Waals surface area contributed by atoms with Crippen molar-refractivity contribution >= 4 is 24.3 Å². The Morgan fingerprint density at radius 2 is 0.786 bits per heavy atom. The molecule has 276 valence electrons. The van der Waals surface area contributed by atoms with Gasteiger partial charge in [0, 0.05) is 62.1 Å². The highest BCUT2D eigenvalue weighted by Crippen LogP contribution is 2.39. The summed E-state index contributed by atoms with van der Waals surface area (Å²) in [7, 11) is 1.98. The molecule has 8 rings (SSSR count). The van der Waals surface area contributed by atoms with Crippen LogP contribution in [0.3, 0.4) is 0 Å². The van der Waals surface area contributed by atoms with Crippen LogP contribution in [0.1, 0.15) is 72.3 Å². The maximum Gasteiger partial charge on any atom is 0.210 e. The summed E-state index contributed by atoms with van der Waals surface area (Å²) < 4.78 is 4.05. The minimum atomic E-state index is 0.134. The Hall–Kier alpha value is -6.92. The third kappa shape index (κ3) is 7.82. The molecule has 56 heavy (non-hydrogen) atoms. The van der Waals surface area contributed by atoms with Crippen molar-refractivity contribution in [2.75, 3.05) is 0 Å². The van der Waals surface area contributed by atoms with Crippen molar-refractivity contribution in [1.82, 2.24) is 0 Å². The van der Waals surface area contributed by atoms with Crippen LogP contribution in [0.5, 0.6) is 23.0 Å². The van der Waals surface area contributed by atoms with Gasteiger partial charge in [-0.25, -0.2) is 4.57 Å². The van der Waals surface area contributed by atoms with Crippen LogP contribution in [-0.4, -0.2) is 20.4 Å². The van der Waals surface area contributed by atoms with E-state index >= 15 is 0 Å². The number of para-hydroxylation sites is 2. The van der Waals surface area contributed by atoms with Gasteiger partial charge < -0.3 is 20.4 Å². The molecule has 0 aliphatic heterocycles. The lowest BCUT2D eigenvalue weighted by Crippen LogP contribution is -2.28. The monoisotopic (exact) mass is 736 g/mol. The number of aromatic hydroxyl groups is 4. The van der Waals surface area contributed by atoms with Gasteiger partial charge in [-0.15, -0.1) is 0 Å². The molecule has 0 radical (unpaired) electrons. The number of nitrogens with zero attached hydrogens (tertiary/aromatic N) is 2. The molecule has 1 aliphatic rings. The second-order valence-electron chi connectivity index (χ2n) is 14.8. The fraction of sp³-hybridized carbons (Fsp3) is 0.120. The SMILES string of the molecule is Cc1cc2c(O)c(c1)Cc1cc(/C=C/c3cc[n+](-c4ccccc4)cc3)cc(c1O)Cc1cccc(c1O)Cc1cc(/C=C/c3cc[n+](C)cc3)cc(c1O)C2. The van der Waals surface area contributed by atoms with Gasteiger partial charge in [0.15, 0.2) is 24.8 Å². The first kappa shape index (κ1) is 36.1. The van der Waals surface area contributed by atoms with E-state index < -0.39 is 0 Å². The van der Waals surface area contributed by atoms with E-state index in [2.05, 4.69) is 28.8 Å². The van der Waals surface area contributed by atoms with E-state index in [9.17, 15) is 20.4 Å². The zero-order valence-corrected chi connectivity index (χ0v) is 31.5. The van der Waals surface area contributed by atoms with Crippen LogP contribution in [-0.2, 0) is 32.7 Å². The van der Waals surface area contributed by atoms with Crippen LogP contribution in [0.25, 0.3) is 30.0 Å². The van der Waals surface area contributed by atoms with Gasteiger partial charge in [0.05, 0.1) is 0 Å². The van der Waals surface area contributed by atoms with Gasteiger partial charge in [0.1, 0.15) is 30.0 Å². The quantitative estimate of drug-likeness (QED) is 0.133. The normalized spacial score (nSPS) is 12.7. The first-order valence-electron chi connectivity index (χ1n) is 18.9. The second kappa shape index (κ2) is 15.4. The van der Waals surface area contributed by atoms with Crippen LogP contribution >= 0.6 is 0 Å². The summed E-state index contributed by atoms with van der Waals surface area (Å²) in [6, 6.07) is 35.7. The van der Waals surface area contributed by atoms with Crippen molar-refractivity contribution in [3.63, 3.8) is 0 Å². The third-order valence-corrected chi connectivity index (χ3v) is 10.6. The number of aryl methyl sites for hydroxylation is 2. The highest BCUT2D eigenvalue weighted by Gasteiger charge is 2.20. The van der Waals surface area contributed by atoms with Crippen LogP contribution in [0.15, 0.2) is 134 Å². The summed E-state index contributed by atoms with van der Waals surface area (Å²) in [6.45, 7) is 2.00. The highest BCUT2D eigenvalue weighted by atomic mass is 16.3. The number of pyridine rings is 2. The summed E-state index contributed by atoms with van der Waals surface area (Å²) >= 11 is 0. The fourth-order valence-corrected chi connectivity index (χ4v) is 7.59. The second-order valence-corrected chi connectivity index (χ2v) is 14.8. The molecular weight excluding hydrogens is 693 g/mol. The van der Waals surface area contributed by atoms with Crippen LogP contribution in [0, 0.1) is 6.92 Å². The van der Waals surface area contributed by atoms with Gasteiger partial charge in [-0.05, 0) is 98.0 Å². The van der Waals surface area contributed by atoms with Crippen molar-refractivity contribution in [1.29, 1.82) is 0 Å². The lowest BCUT2D eigenvalue weighted by atomic mass is 9.89. The Kier molecular flexibility index (Phi) is 9.95. The molecule has 2 aromatic heterocycles. The van der Waals surface area contributed by atoms with Gasteiger partial charge in [-0.1, -0.05) is 78.4 Å². The molecule has 0 saturated heterocycles. The van der Waals surface area contributed by atoms with Gasteiger partial charge in [-0.3, -0.25) is 0 Å². The maximum atomic E-state index is 11.8. The summed E-state index contributed by atoms with van der Waals surface area (Å²) in [5.41, 5.74) is 11.3. The van der Waals surface area contributed by atoms with Gasteiger partial charge in [0.2, 0.25) is 5.69 Å². The minimum Gasteiger partial charge on any atom is -0.507 e. The molecule has 0 spiro atoms. The molecule has 0 saturated carbocycles. The Morgan fingerprint density at radius 1 is 0.411 bits per heavy atom. The molecule has 5 aromatic carbocycles. The Labute approximate surface area is 327 Å². The Balaban J connectivity index is 1.21. The van der Waals surface area contributed by atoms with Crippen molar-refractivity contribution in [2.24, 2.45) is 7.05 Å². The van der Waals surface area contributed by atoms with E-state index in [-0.39, 0.29) is 48.7 Å². The van der Waals surface area contributed by atoms with Gasteiger partial charge in [-0.2, -0.15) is 4.57 Å². The number of phenols is 4. The first-order chi connectivity index (χ1) is 27.2. The predicted octanol–water partition coefficient (Wildman–Crippen LogP) is 8.94. The average molecular weight is 737 g/mol. The highest BCUT2D eigenvalue weighted by molar-refractivity contribution is 5.73. The molecular formula is C50H44N2O4+2. The number of hydrogen-bond acceptors (Lipinski definition) is 4. The zero-order valence-electron chi connectivity index (χ0n) is 31.5. The zero-order chi connectivity index (χ0) is 38.8. The van der Waals surface area contributed by atoms with E-state index in [0.29, 0.717) is 44.5 Å². The first-order valence-corrected chi connectivity index (χ1v) is 18.9. The molecule has 6 heteroatoms. The third-order valence-electron chi connectivity index (χ3n) is 10.6. The molecule has 4 N–H and O–H groups in total. The lowest BCUT2D eigenvalue weighted by Gasteiger charge is -2.18. The molecule has 2 heterocycles. The largest absolute Gasteiger partial charge is 0.507 e. The number of fused-ring (bicyclic) bond motifs is 8. The van der Waals surface area contributed by atoms with Crippen LogP contribution in [0.2, 0.25) is 0 Å². The summed E-state index contributed by atoms with van der Waals surface area (Å²) in [6.07, 6.45) is 17.3. The average Bonchev–Trinajstić information content (AvgIpc) is 3.20. The van der Waals surface area contributed by atoms with Crippen molar-refractivity contribution < 1.29 is 29.6 Å². The number of hydrogen-bond donors (Lipinski definition) is 4. The smallest absolute Gasteiger partial charge is 0.210 e. The summed E-state index contributed by atoms with van der Waals surface area (Å²) in [5.74, 6) is 0.551. The predicted molar refractivity (Wildman–Crippen MR) is 222 cm³/mol. The standard InChI is InChI=1S/C50H42N2O4/c1-33-23-40-31-44-27-36(13-11-34-15-19-51(2)20-16-34)25-42(49(44)55)29-38-7-6-8-39(47(38)53)30-43-26-37(28-45(50(43)56)32-41(24-33)48(40)54)14-12-35-17-21-52(22-18-35)46-9-4-3-5-10-46/h3-28,53-54H,29-32H2,1-2H3/p+2. The van der Waals surface area contributed by atoms with E-state index in [0.717, 1.165) is 33.5 Å². The molecule has 7 aromatic rings. The number of phenolic OH excluding ortho intramolecular Hbond substituents is 4. The Bertz CT molecular complexity index is 2630. The minimum absolute atomic E-state index is 0.134. The van der Waals surface area contributed by atoms with Crippen LogP contribution < -0.4 is 9.13 Å². The number of benzene rings is 5. The Morgan fingerprint density at radius 3 is 1.25 bits per heavy atom. The van der Waals surface area contributed by atoms with Crippen molar-refractivity contribution in [3.05, 3.63) is 206 Å². The molecule has 6 nitrogen and oxygen atoms in total. The van der Waals surface area contributed by atoms with Gasteiger partial charge in [0.25, 0.3) is 0 Å². The molecule has 1 aliphatic carbocycles. The topological polar surface area (TPSA) is 88.7 Å². The fourth-order valence-electron chi connectivity index (χ4n) is 7.59. The van der Waals surface area contributed by atoms with Crippen LogP contribution in [0.4, 0.5) is 0 Å². The van der Waals surface area contributed by atoms with E-state index in [4.69, 9.17) is 0 Å². The van der Waals surface area contributed by atoms with Crippen molar-refractivity contribution in [3.8, 4) is 28.7 Å². The molecule has 0 atom stereocenters. The molecule has 0 unspecified atom stereocenters. The lowest BCUT2D eigenvalue weighted by molar-refractivity contribution is -0.671. The van der Waals surface area contributed by atoms with Crippen molar-refractivity contribution in [2.45, 2.75) is 32.6 Å².